The van der Waals surface area contributed by atoms with Crippen molar-refractivity contribution >= 4 is 17.2 Å². The van der Waals surface area contributed by atoms with Crippen molar-refractivity contribution in [3.05, 3.63) is 0 Å². The molecule has 2 N–H and O–H groups in total. The van der Waals surface area contributed by atoms with Crippen molar-refractivity contribution in [2.24, 2.45) is 5.73 Å². The van der Waals surface area contributed by atoms with E-state index in [0.717, 1.165) is 26.1 Å². The van der Waals surface area contributed by atoms with Gasteiger partial charge in [0.2, 0.25) is 0 Å². The lowest BCUT2D eigenvalue weighted by Gasteiger charge is -2.27. The fourth-order valence-corrected chi connectivity index (χ4v) is 1.56. The highest BCUT2D eigenvalue weighted by Crippen LogP contribution is 2.03. The van der Waals surface area contributed by atoms with Crippen LogP contribution in [0.2, 0.25) is 0 Å². The highest BCUT2D eigenvalue weighted by Gasteiger charge is 2.11. The van der Waals surface area contributed by atoms with Crippen LogP contribution in [0.5, 0.6) is 0 Å². The molecule has 0 fully saturated rings. The van der Waals surface area contributed by atoms with Crippen LogP contribution < -0.4 is 5.73 Å². The smallest absolute Gasteiger partial charge is 0.0742 e. The first-order chi connectivity index (χ1) is 6.11. The fourth-order valence-electron chi connectivity index (χ4n) is 1.32. The number of nitrogens with zero attached hydrogens (tertiary/aromatic N) is 1. The SMILES string of the molecule is CCN(CCOC)C(C)CC(N)=S. The third-order valence-corrected chi connectivity index (χ3v) is 2.28. The minimum absolute atomic E-state index is 0.414. The summed E-state index contributed by atoms with van der Waals surface area (Å²) in [6, 6.07) is 0.414. The average Bonchev–Trinajstić information content (AvgIpc) is 2.04. The van der Waals surface area contributed by atoms with Crippen molar-refractivity contribution in [2.75, 3.05) is 26.8 Å². The number of nitrogens with two attached hydrogens (primary N) is 1. The molecule has 0 aromatic rings. The van der Waals surface area contributed by atoms with E-state index >= 15 is 0 Å². The topological polar surface area (TPSA) is 38.5 Å². The third kappa shape index (κ3) is 5.96. The molecule has 0 aliphatic heterocycles. The second kappa shape index (κ2) is 7.24. The molecule has 0 aliphatic rings. The zero-order valence-corrected chi connectivity index (χ0v) is 9.56. The number of ether oxygens (including phenoxy) is 1. The van der Waals surface area contributed by atoms with Crippen LogP contribution in [0.3, 0.4) is 0 Å². The molecule has 0 radical (unpaired) electrons. The Labute approximate surface area is 86.2 Å². The molecule has 0 bridgehead atoms. The Morgan fingerprint density at radius 3 is 2.62 bits per heavy atom. The van der Waals surface area contributed by atoms with E-state index in [4.69, 9.17) is 22.7 Å². The molecule has 0 aromatic heterocycles. The molecule has 1 atom stereocenters. The molecule has 0 aromatic carbocycles. The van der Waals surface area contributed by atoms with Gasteiger partial charge in [-0.2, -0.15) is 0 Å². The highest BCUT2D eigenvalue weighted by molar-refractivity contribution is 7.80. The summed E-state index contributed by atoms with van der Waals surface area (Å²) in [6.07, 6.45) is 0.785. The first kappa shape index (κ1) is 12.8. The molecule has 0 saturated carbocycles. The maximum Gasteiger partial charge on any atom is 0.0742 e. The van der Waals surface area contributed by atoms with Crippen LogP contribution in [-0.4, -0.2) is 42.7 Å². The molecule has 1 unspecified atom stereocenters. The number of methoxy groups -OCH3 is 1. The lowest BCUT2D eigenvalue weighted by atomic mass is 10.2. The van der Waals surface area contributed by atoms with Crippen molar-refractivity contribution in [1.82, 2.24) is 4.90 Å². The quantitative estimate of drug-likeness (QED) is 0.628. The lowest BCUT2D eigenvalue weighted by Crippen LogP contribution is -2.37. The summed E-state index contributed by atoms with van der Waals surface area (Å²) in [5.41, 5.74) is 5.49. The molecule has 0 saturated heterocycles. The van der Waals surface area contributed by atoms with Gasteiger partial charge in [-0.05, 0) is 13.5 Å². The van der Waals surface area contributed by atoms with Crippen LogP contribution in [-0.2, 0) is 4.74 Å². The summed E-state index contributed by atoms with van der Waals surface area (Å²) >= 11 is 4.87. The standard InChI is InChI=1S/C9H20N2OS/c1-4-11(5-6-12-3)8(2)7-9(10)13/h8H,4-7H2,1-3H3,(H2,10,13). The van der Waals surface area contributed by atoms with Crippen molar-refractivity contribution in [3.63, 3.8) is 0 Å². The summed E-state index contributed by atoms with van der Waals surface area (Å²) in [5, 5.41) is 0. The van der Waals surface area contributed by atoms with Gasteiger partial charge in [-0.1, -0.05) is 19.1 Å². The van der Waals surface area contributed by atoms with Gasteiger partial charge in [0.25, 0.3) is 0 Å². The maximum absolute atomic E-state index is 5.49. The third-order valence-electron chi connectivity index (χ3n) is 2.11. The van der Waals surface area contributed by atoms with Gasteiger partial charge >= 0.3 is 0 Å². The first-order valence-corrected chi connectivity index (χ1v) is 5.03. The maximum atomic E-state index is 5.49. The van der Waals surface area contributed by atoms with E-state index in [1.165, 1.54) is 0 Å². The average molecular weight is 204 g/mol. The van der Waals surface area contributed by atoms with E-state index in [2.05, 4.69) is 18.7 Å². The Hall–Kier alpha value is -0.190. The number of rotatable bonds is 7. The molecule has 78 valence electrons. The summed E-state index contributed by atoms with van der Waals surface area (Å²) in [7, 11) is 1.71. The van der Waals surface area contributed by atoms with Crippen molar-refractivity contribution in [1.29, 1.82) is 0 Å². The second-order valence-electron chi connectivity index (χ2n) is 3.14. The molecular weight excluding hydrogens is 184 g/mol. The van der Waals surface area contributed by atoms with E-state index in [1.807, 2.05) is 0 Å². The Morgan fingerprint density at radius 2 is 2.23 bits per heavy atom. The van der Waals surface area contributed by atoms with Crippen LogP contribution in [0.15, 0.2) is 0 Å². The monoisotopic (exact) mass is 204 g/mol. The van der Waals surface area contributed by atoms with E-state index in [-0.39, 0.29) is 0 Å². The Bertz CT molecular complexity index is 153. The summed E-state index contributed by atoms with van der Waals surface area (Å²) in [4.78, 5) is 2.89. The minimum atomic E-state index is 0.414. The van der Waals surface area contributed by atoms with Gasteiger partial charge in [-0.25, -0.2) is 0 Å². The van der Waals surface area contributed by atoms with Gasteiger partial charge in [0.1, 0.15) is 0 Å². The van der Waals surface area contributed by atoms with Gasteiger partial charge in [-0.15, -0.1) is 0 Å². The van der Waals surface area contributed by atoms with E-state index in [0.29, 0.717) is 11.0 Å². The Balaban J connectivity index is 3.83. The lowest BCUT2D eigenvalue weighted by molar-refractivity contribution is 0.130. The summed E-state index contributed by atoms with van der Waals surface area (Å²) < 4.78 is 5.02. The largest absolute Gasteiger partial charge is 0.393 e. The first-order valence-electron chi connectivity index (χ1n) is 4.63. The van der Waals surface area contributed by atoms with E-state index in [1.54, 1.807) is 7.11 Å². The van der Waals surface area contributed by atoms with Crippen LogP contribution in [0, 0.1) is 0 Å². The van der Waals surface area contributed by atoms with Gasteiger partial charge in [-0.3, -0.25) is 4.90 Å². The molecule has 13 heavy (non-hydrogen) atoms. The predicted molar refractivity (Wildman–Crippen MR) is 60.0 cm³/mol. The summed E-state index contributed by atoms with van der Waals surface area (Å²) in [5.74, 6) is 0. The molecule has 0 rings (SSSR count). The number of hydrogen-bond acceptors (Lipinski definition) is 3. The van der Waals surface area contributed by atoms with Crippen molar-refractivity contribution in [3.8, 4) is 0 Å². The number of hydrogen-bond donors (Lipinski definition) is 1. The van der Waals surface area contributed by atoms with Crippen molar-refractivity contribution in [2.45, 2.75) is 26.3 Å². The van der Waals surface area contributed by atoms with Crippen LogP contribution >= 0.6 is 12.2 Å². The zero-order valence-electron chi connectivity index (χ0n) is 8.75. The van der Waals surface area contributed by atoms with Crippen molar-refractivity contribution < 1.29 is 4.74 Å². The van der Waals surface area contributed by atoms with Crippen LogP contribution in [0.4, 0.5) is 0 Å². The predicted octanol–water partition coefficient (Wildman–Crippen LogP) is 1.02. The fraction of sp³-hybridized carbons (Fsp3) is 0.889. The van der Waals surface area contributed by atoms with Gasteiger partial charge < -0.3 is 10.5 Å². The summed E-state index contributed by atoms with van der Waals surface area (Å²) in [6.45, 7) is 6.98. The normalized spacial score (nSPS) is 13.2. The Kier molecular flexibility index (Phi) is 7.13. The highest BCUT2D eigenvalue weighted by atomic mass is 32.1. The Morgan fingerprint density at radius 1 is 1.62 bits per heavy atom. The molecule has 0 aliphatic carbocycles. The molecular formula is C9H20N2OS. The minimum Gasteiger partial charge on any atom is -0.393 e. The molecule has 4 heteroatoms. The zero-order chi connectivity index (χ0) is 10.3. The van der Waals surface area contributed by atoms with E-state index in [9.17, 15) is 0 Å². The van der Waals surface area contributed by atoms with Crippen LogP contribution in [0.1, 0.15) is 20.3 Å². The van der Waals surface area contributed by atoms with Gasteiger partial charge in [0.15, 0.2) is 0 Å². The number of likely N-dealkylation sites (N-methyl/N-ethyl adjacent to an activating group) is 1. The molecule has 3 nitrogen and oxygen atoms in total. The molecule has 0 amide bonds. The molecule has 0 spiro atoms. The van der Waals surface area contributed by atoms with Gasteiger partial charge in [0, 0.05) is 26.1 Å². The molecule has 0 heterocycles. The van der Waals surface area contributed by atoms with Crippen LogP contribution in [0.25, 0.3) is 0 Å². The van der Waals surface area contributed by atoms with Gasteiger partial charge in [0.05, 0.1) is 11.6 Å². The second-order valence-corrected chi connectivity index (χ2v) is 3.67. The van der Waals surface area contributed by atoms with E-state index < -0.39 is 0 Å². The number of thiocarbonyl (C=S) groups is 1.